The molecular weight excluding hydrogens is 284 g/mol. The predicted octanol–water partition coefficient (Wildman–Crippen LogP) is 3.23. The van der Waals surface area contributed by atoms with Gasteiger partial charge in [0.05, 0.1) is 0 Å². The van der Waals surface area contributed by atoms with Gasteiger partial charge in [-0.3, -0.25) is 9.20 Å². The van der Waals surface area contributed by atoms with Gasteiger partial charge in [-0.2, -0.15) is 0 Å². The summed E-state index contributed by atoms with van der Waals surface area (Å²) in [6.07, 6.45) is 1.54. The molecule has 0 saturated heterocycles. The third-order valence-corrected chi connectivity index (χ3v) is 3.78. The Morgan fingerprint density at radius 3 is 2.70 bits per heavy atom. The second kappa shape index (κ2) is 4.68. The third kappa shape index (κ3) is 2.05. The van der Waals surface area contributed by atoms with Gasteiger partial charge in [-0.25, -0.2) is 13.8 Å². The molecule has 0 fully saturated rings. The number of amides is 1. The van der Waals surface area contributed by atoms with Crippen molar-refractivity contribution in [2.24, 2.45) is 0 Å². The molecule has 0 aliphatic rings. The summed E-state index contributed by atoms with van der Waals surface area (Å²) in [5.74, 6) is -2.30. The molecule has 4 nitrogen and oxygen atoms in total. The number of hydrogen-bond acceptors (Lipinski definition) is 3. The zero-order valence-corrected chi connectivity index (χ0v) is 11.2. The lowest BCUT2D eigenvalue weighted by Gasteiger charge is -2.05. The monoisotopic (exact) mass is 293 g/mol. The molecule has 2 heterocycles. The highest BCUT2D eigenvalue weighted by molar-refractivity contribution is 7.15. The minimum absolute atomic E-state index is 0.114. The number of nitrogens with zero attached hydrogens (tertiary/aromatic N) is 2. The minimum Gasteiger partial charge on any atom is -0.316 e. The molecule has 0 atom stereocenters. The number of benzene rings is 1. The van der Waals surface area contributed by atoms with E-state index >= 15 is 0 Å². The molecule has 7 heteroatoms. The van der Waals surface area contributed by atoms with Crippen LogP contribution in [0.5, 0.6) is 0 Å². The fourth-order valence-corrected chi connectivity index (χ4v) is 2.65. The Kier molecular flexibility index (Phi) is 2.98. The van der Waals surface area contributed by atoms with Crippen LogP contribution in [0.2, 0.25) is 0 Å². The van der Waals surface area contributed by atoms with E-state index in [-0.39, 0.29) is 5.69 Å². The standard InChI is InChI=1S/C13H9F2N3OS/c1-7-6-20-13-16-10(5-18(7)13)12(19)17-11-8(14)3-2-4-9(11)15/h2-6H,1H3,(H,17,19). The molecule has 0 spiro atoms. The fraction of sp³-hybridized carbons (Fsp3) is 0.0769. The van der Waals surface area contributed by atoms with E-state index in [1.807, 2.05) is 12.3 Å². The average molecular weight is 293 g/mol. The molecule has 0 bridgehead atoms. The molecule has 1 aromatic carbocycles. The summed E-state index contributed by atoms with van der Waals surface area (Å²) in [6.45, 7) is 1.88. The zero-order valence-electron chi connectivity index (χ0n) is 10.4. The summed E-state index contributed by atoms with van der Waals surface area (Å²) >= 11 is 1.39. The van der Waals surface area contributed by atoms with Crippen LogP contribution >= 0.6 is 11.3 Å². The second-order valence-corrected chi connectivity index (χ2v) is 5.04. The number of para-hydroxylation sites is 1. The van der Waals surface area contributed by atoms with Gasteiger partial charge in [0.25, 0.3) is 5.91 Å². The summed E-state index contributed by atoms with van der Waals surface area (Å²) in [7, 11) is 0. The molecular formula is C13H9F2N3OS. The third-order valence-electron chi connectivity index (χ3n) is 2.82. The van der Waals surface area contributed by atoms with E-state index < -0.39 is 23.2 Å². The van der Waals surface area contributed by atoms with Crippen molar-refractivity contribution in [3.05, 3.63) is 52.8 Å². The van der Waals surface area contributed by atoms with E-state index in [4.69, 9.17) is 0 Å². The number of fused-ring (bicyclic) bond motifs is 1. The lowest BCUT2D eigenvalue weighted by molar-refractivity contribution is 0.102. The first-order chi connectivity index (χ1) is 9.56. The second-order valence-electron chi connectivity index (χ2n) is 4.21. The maximum atomic E-state index is 13.5. The van der Waals surface area contributed by atoms with Gasteiger partial charge >= 0.3 is 0 Å². The maximum Gasteiger partial charge on any atom is 0.276 e. The van der Waals surface area contributed by atoms with E-state index in [9.17, 15) is 13.6 Å². The number of thiazole rings is 1. The lowest BCUT2D eigenvalue weighted by Crippen LogP contribution is -2.14. The number of halogens is 2. The van der Waals surface area contributed by atoms with Crippen LogP contribution in [0.15, 0.2) is 29.8 Å². The highest BCUT2D eigenvalue weighted by atomic mass is 32.1. The molecule has 0 aliphatic carbocycles. The van der Waals surface area contributed by atoms with E-state index in [2.05, 4.69) is 10.3 Å². The quantitative estimate of drug-likeness (QED) is 0.788. The van der Waals surface area contributed by atoms with Crippen LogP contribution in [0.25, 0.3) is 4.96 Å². The predicted molar refractivity (Wildman–Crippen MR) is 72.1 cm³/mol. The van der Waals surface area contributed by atoms with Gasteiger partial charge < -0.3 is 5.32 Å². The first-order valence-corrected chi connectivity index (χ1v) is 6.63. The first kappa shape index (κ1) is 12.7. The Hall–Kier alpha value is -2.28. The average Bonchev–Trinajstić information content (AvgIpc) is 2.97. The maximum absolute atomic E-state index is 13.5. The van der Waals surface area contributed by atoms with Crippen LogP contribution in [-0.2, 0) is 0 Å². The van der Waals surface area contributed by atoms with Crippen molar-refractivity contribution in [3.63, 3.8) is 0 Å². The summed E-state index contributed by atoms with van der Waals surface area (Å²) in [6, 6.07) is 3.39. The molecule has 3 rings (SSSR count). The number of anilines is 1. The Morgan fingerprint density at radius 1 is 1.35 bits per heavy atom. The first-order valence-electron chi connectivity index (χ1n) is 5.75. The normalized spacial score (nSPS) is 10.9. The van der Waals surface area contributed by atoms with Gasteiger partial charge in [-0.1, -0.05) is 6.07 Å². The van der Waals surface area contributed by atoms with Crippen molar-refractivity contribution in [3.8, 4) is 0 Å². The molecule has 0 unspecified atom stereocenters. The van der Waals surface area contributed by atoms with Gasteiger partial charge in [0.15, 0.2) is 4.96 Å². The highest BCUT2D eigenvalue weighted by Gasteiger charge is 2.16. The number of imidazole rings is 1. The Bertz CT molecular complexity index is 789. The molecule has 102 valence electrons. The van der Waals surface area contributed by atoms with Crippen LogP contribution in [0.3, 0.4) is 0 Å². The SMILES string of the molecule is Cc1csc2nc(C(=O)Nc3c(F)cccc3F)cn12. The topological polar surface area (TPSA) is 46.4 Å². The molecule has 20 heavy (non-hydrogen) atoms. The lowest BCUT2D eigenvalue weighted by atomic mass is 10.3. The van der Waals surface area contributed by atoms with Crippen molar-refractivity contribution < 1.29 is 13.6 Å². The molecule has 0 aliphatic heterocycles. The molecule has 0 saturated carbocycles. The number of nitrogens with one attached hydrogen (secondary N) is 1. The Balaban J connectivity index is 1.93. The summed E-state index contributed by atoms with van der Waals surface area (Å²) in [5, 5.41) is 4.11. The number of carbonyl (C=O) groups is 1. The van der Waals surface area contributed by atoms with Crippen molar-refractivity contribution in [1.82, 2.24) is 9.38 Å². The number of rotatable bonds is 2. The molecule has 1 N–H and O–H groups in total. The minimum atomic E-state index is -0.824. The molecule has 0 radical (unpaired) electrons. The van der Waals surface area contributed by atoms with Crippen molar-refractivity contribution in [2.75, 3.05) is 5.32 Å². The fourth-order valence-electron chi connectivity index (χ4n) is 1.80. The smallest absolute Gasteiger partial charge is 0.276 e. The van der Waals surface area contributed by atoms with Crippen molar-refractivity contribution in [1.29, 1.82) is 0 Å². The van der Waals surface area contributed by atoms with Crippen LogP contribution < -0.4 is 5.32 Å². The highest BCUT2D eigenvalue weighted by Crippen LogP contribution is 2.20. The van der Waals surface area contributed by atoms with Crippen LogP contribution in [0.4, 0.5) is 14.5 Å². The van der Waals surface area contributed by atoms with E-state index in [1.165, 1.54) is 23.6 Å². The molecule has 3 aromatic rings. The molecule has 2 aromatic heterocycles. The van der Waals surface area contributed by atoms with E-state index in [1.54, 1.807) is 4.40 Å². The number of hydrogen-bond donors (Lipinski definition) is 1. The Labute approximate surface area is 116 Å². The number of carbonyl (C=O) groups excluding carboxylic acids is 1. The Morgan fingerprint density at radius 2 is 2.05 bits per heavy atom. The summed E-state index contributed by atoms with van der Waals surface area (Å²) in [5.41, 5.74) is 0.585. The van der Waals surface area contributed by atoms with Crippen molar-refractivity contribution >= 4 is 27.9 Å². The van der Waals surface area contributed by atoms with Crippen LogP contribution in [-0.4, -0.2) is 15.3 Å². The van der Waals surface area contributed by atoms with Gasteiger partial charge in [0, 0.05) is 17.3 Å². The largest absolute Gasteiger partial charge is 0.316 e. The van der Waals surface area contributed by atoms with Gasteiger partial charge in [0.1, 0.15) is 23.0 Å². The van der Waals surface area contributed by atoms with Crippen LogP contribution in [0, 0.1) is 18.6 Å². The van der Waals surface area contributed by atoms with Gasteiger partial charge in [-0.15, -0.1) is 11.3 Å². The van der Waals surface area contributed by atoms with Gasteiger partial charge in [0.2, 0.25) is 0 Å². The summed E-state index contributed by atoms with van der Waals surface area (Å²) < 4.78 is 28.7. The number of aryl methyl sites for hydroxylation is 1. The molecule has 1 amide bonds. The van der Waals surface area contributed by atoms with E-state index in [0.29, 0.717) is 4.96 Å². The zero-order chi connectivity index (χ0) is 14.3. The summed E-state index contributed by atoms with van der Waals surface area (Å²) in [4.78, 5) is 16.7. The van der Waals surface area contributed by atoms with Gasteiger partial charge in [-0.05, 0) is 19.1 Å². The van der Waals surface area contributed by atoms with Crippen molar-refractivity contribution in [2.45, 2.75) is 6.92 Å². The van der Waals surface area contributed by atoms with E-state index in [0.717, 1.165) is 17.8 Å². The number of aromatic nitrogens is 2. The van der Waals surface area contributed by atoms with Crippen LogP contribution in [0.1, 0.15) is 16.2 Å².